The molecule has 0 atom stereocenters. The molecule has 0 aliphatic rings. The minimum Gasteiger partial charge on any atom is -0.466 e. The van der Waals surface area contributed by atoms with Crippen molar-refractivity contribution in [1.29, 1.82) is 0 Å². The van der Waals surface area contributed by atoms with E-state index in [4.69, 9.17) is 21.1 Å². The third-order valence-electron chi connectivity index (χ3n) is 2.64. The number of benzene rings is 2. The van der Waals surface area contributed by atoms with Gasteiger partial charge in [0.1, 0.15) is 11.6 Å². The minimum absolute atomic E-state index is 0.0656. The Labute approximate surface area is 128 Å². The van der Waals surface area contributed by atoms with Crippen molar-refractivity contribution in [3.63, 3.8) is 0 Å². The van der Waals surface area contributed by atoms with Crippen molar-refractivity contribution < 1.29 is 13.9 Å². The van der Waals surface area contributed by atoms with Gasteiger partial charge in [-0.1, -0.05) is 42.2 Å². The Balaban J connectivity index is 1.91. The van der Waals surface area contributed by atoms with Crippen molar-refractivity contribution in [2.75, 3.05) is 12.7 Å². The molecule has 0 fully saturated rings. The van der Waals surface area contributed by atoms with Crippen LogP contribution in [0.15, 0.2) is 48.5 Å². The van der Waals surface area contributed by atoms with Crippen LogP contribution in [0.25, 0.3) is 0 Å². The zero-order chi connectivity index (χ0) is 14.9. The lowest BCUT2D eigenvalue weighted by molar-refractivity contribution is 0.00486. The summed E-state index contributed by atoms with van der Waals surface area (Å²) in [6.45, 7) is 0.515. The Bertz CT molecular complexity index is 632. The third-order valence-corrected chi connectivity index (χ3v) is 2.77. The van der Waals surface area contributed by atoms with Crippen LogP contribution in [0.3, 0.4) is 0 Å². The number of rotatable bonds is 5. The monoisotopic (exact) mass is 304 g/mol. The van der Waals surface area contributed by atoms with Crippen LogP contribution in [0.4, 0.5) is 4.39 Å². The van der Waals surface area contributed by atoms with Crippen LogP contribution < -0.4 is 4.74 Å². The largest absolute Gasteiger partial charge is 0.466 e. The molecule has 0 aliphatic carbocycles. The topological polar surface area (TPSA) is 18.5 Å². The van der Waals surface area contributed by atoms with Gasteiger partial charge in [-0.3, -0.25) is 0 Å². The molecule has 0 aromatic heterocycles. The number of halogens is 2. The second-order valence-corrected chi connectivity index (χ2v) is 4.44. The highest BCUT2D eigenvalue weighted by Gasteiger charge is 2.03. The molecule has 2 nitrogen and oxygen atoms in total. The molecule has 4 heteroatoms. The van der Waals surface area contributed by atoms with Gasteiger partial charge in [0.25, 0.3) is 0 Å². The molecule has 0 spiro atoms. The van der Waals surface area contributed by atoms with Gasteiger partial charge in [0.15, 0.2) is 6.79 Å². The average Bonchev–Trinajstić information content (AvgIpc) is 2.52. The Hall–Kier alpha value is -2.02. The Kier molecular flexibility index (Phi) is 6.08. The summed E-state index contributed by atoms with van der Waals surface area (Å²) in [5.74, 6) is 5.72. The second kappa shape index (κ2) is 8.31. The minimum atomic E-state index is -0.369. The normalized spacial score (nSPS) is 9.81. The van der Waals surface area contributed by atoms with Gasteiger partial charge in [0, 0.05) is 0 Å². The molecule has 2 rings (SSSR count). The Morgan fingerprint density at radius 1 is 1.10 bits per heavy atom. The first-order valence-corrected chi connectivity index (χ1v) is 6.92. The third kappa shape index (κ3) is 5.11. The first kappa shape index (κ1) is 15.4. The number of alkyl halides is 1. The summed E-state index contributed by atoms with van der Waals surface area (Å²) in [6, 6.07) is 13.9. The Morgan fingerprint density at radius 3 is 2.67 bits per heavy atom. The molecule has 0 saturated heterocycles. The zero-order valence-electron chi connectivity index (χ0n) is 11.3. The quantitative estimate of drug-likeness (QED) is 0.360. The maximum absolute atomic E-state index is 13.2. The van der Waals surface area contributed by atoms with E-state index in [9.17, 15) is 4.39 Å². The highest BCUT2D eigenvalue weighted by Crippen LogP contribution is 2.19. The molecule has 0 aliphatic heterocycles. The summed E-state index contributed by atoms with van der Waals surface area (Å²) in [5, 5.41) is 0. The molecule has 0 unspecified atom stereocenters. The summed E-state index contributed by atoms with van der Waals surface area (Å²) in [6.07, 6.45) is 0. The van der Waals surface area contributed by atoms with Gasteiger partial charge in [0.2, 0.25) is 0 Å². The lowest BCUT2D eigenvalue weighted by Crippen LogP contribution is -2.04. The highest BCUT2D eigenvalue weighted by atomic mass is 35.5. The fraction of sp³-hybridized carbons (Fsp3) is 0.176. The molecular weight excluding hydrogens is 291 g/mol. The van der Waals surface area contributed by atoms with Crippen molar-refractivity contribution in [1.82, 2.24) is 0 Å². The van der Waals surface area contributed by atoms with Gasteiger partial charge in [-0.15, -0.1) is 11.6 Å². The average molecular weight is 305 g/mol. The van der Waals surface area contributed by atoms with Crippen LogP contribution >= 0.6 is 11.6 Å². The molecule has 2 aromatic carbocycles. The van der Waals surface area contributed by atoms with Crippen LogP contribution in [0.2, 0.25) is 0 Å². The molecule has 0 heterocycles. The summed E-state index contributed by atoms with van der Waals surface area (Å²) in [4.78, 5) is 0. The first-order chi connectivity index (χ1) is 10.3. The van der Waals surface area contributed by atoms with Gasteiger partial charge >= 0.3 is 0 Å². The summed E-state index contributed by atoms with van der Waals surface area (Å²) < 4.78 is 24.1. The van der Waals surface area contributed by atoms with E-state index in [0.29, 0.717) is 17.9 Å². The van der Waals surface area contributed by atoms with E-state index in [1.807, 2.05) is 30.3 Å². The molecule has 0 amide bonds. The fourth-order valence-corrected chi connectivity index (χ4v) is 1.76. The smallest absolute Gasteiger partial charge is 0.189 e. The highest BCUT2D eigenvalue weighted by molar-refractivity contribution is 6.19. The van der Waals surface area contributed by atoms with Crippen molar-refractivity contribution in [3.05, 3.63) is 65.5 Å². The van der Waals surface area contributed by atoms with Crippen LogP contribution in [0, 0.1) is 17.7 Å². The van der Waals surface area contributed by atoms with Gasteiger partial charge in [-0.25, -0.2) is 4.39 Å². The predicted molar refractivity (Wildman–Crippen MR) is 80.7 cm³/mol. The van der Waals surface area contributed by atoms with Crippen LogP contribution in [0.1, 0.15) is 11.1 Å². The summed E-state index contributed by atoms with van der Waals surface area (Å²) >= 11 is 5.51. The van der Waals surface area contributed by atoms with Crippen molar-refractivity contribution >= 4 is 11.6 Å². The van der Waals surface area contributed by atoms with Gasteiger partial charge < -0.3 is 9.47 Å². The van der Waals surface area contributed by atoms with Crippen LogP contribution in [-0.2, 0) is 11.3 Å². The van der Waals surface area contributed by atoms with Crippen molar-refractivity contribution in [2.24, 2.45) is 0 Å². The van der Waals surface area contributed by atoms with E-state index >= 15 is 0 Å². The predicted octanol–water partition coefficient (Wildman–Crippen LogP) is 3.97. The first-order valence-electron chi connectivity index (χ1n) is 6.38. The maximum Gasteiger partial charge on any atom is 0.189 e. The fourth-order valence-electron chi connectivity index (χ4n) is 1.69. The van der Waals surface area contributed by atoms with E-state index in [0.717, 1.165) is 5.56 Å². The van der Waals surface area contributed by atoms with Gasteiger partial charge in [0.05, 0.1) is 18.1 Å². The number of ether oxygens (including phenoxy) is 2. The Morgan fingerprint density at radius 2 is 1.90 bits per heavy atom. The zero-order valence-corrected chi connectivity index (χ0v) is 12.1. The molecule has 0 bridgehead atoms. The molecule has 0 N–H and O–H groups in total. The number of hydrogen-bond acceptors (Lipinski definition) is 2. The molecular formula is C17H14ClFO2. The molecule has 0 radical (unpaired) electrons. The van der Waals surface area contributed by atoms with Gasteiger partial charge in [-0.2, -0.15) is 0 Å². The van der Waals surface area contributed by atoms with Crippen LogP contribution in [-0.4, -0.2) is 12.7 Å². The van der Waals surface area contributed by atoms with Crippen LogP contribution in [0.5, 0.6) is 5.75 Å². The molecule has 108 valence electrons. The second-order valence-electron chi connectivity index (χ2n) is 4.17. The molecule has 2 aromatic rings. The summed E-state index contributed by atoms with van der Waals surface area (Å²) in [5.41, 5.74) is 1.52. The van der Waals surface area contributed by atoms with Crippen molar-refractivity contribution in [2.45, 2.75) is 6.61 Å². The van der Waals surface area contributed by atoms with Crippen molar-refractivity contribution in [3.8, 4) is 17.6 Å². The number of hydrogen-bond donors (Lipinski definition) is 0. The molecule has 0 saturated carbocycles. The van der Waals surface area contributed by atoms with Gasteiger partial charge in [-0.05, 0) is 23.8 Å². The van der Waals surface area contributed by atoms with E-state index in [1.54, 1.807) is 0 Å². The van der Waals surface area contributed by atoms with E-state index in [2.05, 4.69) is 11.8 Å². The van der Waals surface area contributed by atoms with E-state index < -0.39 is 0 Å². The van der Waals surface area contributed by atoms with E-state index in [-0.39, 0.29) is 18.5 Å². The molecule has 21 heavy (non-hydrogen) atoms. The standard InChI is InChI=1S/C17H14ClFO2/c18-10-4-7-15-11-16(19)8-9-17(15)21-13-20-12-14-5-2-1-3-6-14/h1-3,5-6,8-9,11H,10,12-13H2. The summed E-state index contributed by atoms with van der Waals surface area (Å²) in [7, 11) is 0. The van der Waals surface area contributed by atoms with E-state index in [1.165, 1.54) is 18.2 Å². The SMILES string of the molecule is Fc1ccc(OCOCc2ccccc2)c(C#CCCl)c1. The maximum atomic E-state index is 13.2. The lowest BCUT2D eigenvalue weighted by atomic mass is 10.2. The lowest BCUT2D eigenvalue weighted by Gasteiger charge is -2.09.